The Morgan fingerprint density at radius 3 is 2.56 bits per heavy atom. The van der Waals surface area contributed by atoms with Crippen molar-refractivity contribution in [3.8, 4) is 0 Å². The van der Waals surface area contributed by atoms with Gasteiger partial charge < -0.3 is 4.74 Å². The third-order valence-corrected chi connectivity index (χ3v) is 2.45. The second kappa shape index (κ2) is 2.59. The lowest BCUT2D eigenvalue weighted by Crippen LogP contribution is -2.20. The van der Waals surface area contributed by atoms with E-state index >= 15 is 0 Å². The number of hydrogen-bond acceptors (Lipinski definition) is 1. The van der Waals surface area contributed by atoms with Crippen molar-refractivity contribution in [1.82, 2.24) is 0 Å². The van der Waals surface area contributed by atoms with E-state index in [9.17, 15) is 0 Å². The van der Waals surface area contributed by atoms with Gasteiger partial charge in [-0.05, 0) is 26.7 Å². The van der Waals surface area contributed by atoms with Crippen LogP contribution in [-0.4, -0.2) is 17.0 Å². The van der Waals surface area contributed by atoms with Crippen LogP contribution in [0.25, 0.3) is 0 Å². The molecule has 1 atom stereocenters. The van der Waals surface area contributed by atoms with Gasteiger partial charge in [-0.15, -0.1) is 0 Å². The van der Waals surface area contributed by atoms with E-state index in [-0.39, 0.29) is 5.60 Å². The number of alkyl halides is 1. The second-order valence-electron chi connectivity index (χ2n) is 3.19. The monoisotopic (exact) mass is 192 g/mol. The zero-order chi connectivity index (χ0) is 6.91. The molecule has 1 heterocycles. The van der Waals surface area contributed by atoms with Crippen LogP contribution in [0.4, 0.5) is 0 Å². The summed E-state index contributed by atoms with van der Waals surface area (Å²) < 4.78 is 5.65. The maximum Gasteiger partial charge on any atom is 0.0680 e. The first-order valence-electron chi connectivity index (χ1n) is 3.38. The number of rotatable bonds is 1. The van der Waals surface area contributed by atoms with Gasteiger partial charge in [0.2, 0.25) is 0 Å². The van der Waals surface area contributed by atoms with E-state index in [1.807, 2.05) is 0 Å². The van der Waals surface area contributed by atoms with Gasteiger partial charge >= 0.3 is 0 Å². The van der Waals surface area contributed by atoms with Crippen molar-refractivity contribution in [2.24, 2.45) is 0 Å². The first kappa shape index (κ1) is 7.55. The molecule has 1 nitrogen and oxygen atoms in total. The smallest absolute Gasteiger partial charge is 0.0680 e. The minimum atomic E-state index is 0.137. The Morgan fingerprint density at radius 1 is 1.67 bits per heavy atom. The molecule has 0 spiro atoms. The fraction of sp³-hybridized carbons (Fsp3) is 1.00. The molecule has 0 aromatic rings. The second-order valence-corrected chi connectivity index (χ2v) is 3.84. The van der Waals surface area contributed by atoms with Crippen LogP contribution in [0.15, 0.2) is 0 Å². The Morgan fingerprint density at radius 2 is 2.33 bits per heavy atom. The van der Waals surface area contributed by atoms with Crippen LogP contribution in [0.2, 0.25) is 0 Å². The van der Waals surface area contributed by atoms with Gasteiger partial charge in [-0.1, -0.05) is 15.9 Å². The molecule has 0 saturated carbocycles. The first-order chi connectivity index (χ1) is 4.14. The SMILES string of the molecule is CC1(C)CC[C@H](CBr)O1. The molecule has 0 N–H and O–H groups in total. The highest BCUT2D eigenvalue weighted by molar-refractivity contribution is 9.09. The fourth-order valence-corrected chi connectivity index (χ4v) is 1.64. The number of ether oxygens (including phenoxy) is 1. The Bertz CT molecular complexity index is 101. The van der Waals surface area contributed by atoms with Crippen LogP contribution in [0.3, 0.4) is 0 Å². The van der Waals surface area contributed by atoms with Crippen molar-refractivity contribution < 1.29 is 4.74 Å². The van der Waals surface area contributed by atoms with Crippen molar-refractivity contribution in [2.75, 3.05) is 5.33 Å². The summed E-state index contributed by atoms with van der Waals surface area (Å²) in [6.07, 6.45) is 2.86. The van der Waals surface area contributed by atoms with Crippen LogP contribution >= 0.6 is 15.9 Å². The number of halogens is 1. The van der Waals surface area contributed by atoms with Crippen LogP contribution in [0.1, 0.15) is 26.7 Å². The van der Waals surface area contributed by atoms with E-state index < -0.39 is 0 Å². The Balaban J connectivity index is 2.38. The molecule has 0 unspecified atom stereocenters. The van der Waals surface area contributed by atoms with Gasteiger partial charge in [0.25, 0.3) is 0 Å². The summed E-state index contributed by atoms with van der Waals surface area (Å²) in [6.45, 7) is 4.30. The Labute approximate surface area is 64.9 Å². The highest BCUT2D eigenvalue weighted by Gasteiger charge is 2.30. The van der Waals surface area contributed by atoms with Crippen LogP contribution in [0.5, 0.6) is 0 Å². The third-order valence-electron chi connectivity index (χ3n) is 1.73. The summed E-state index contributed by atoms with van der Waals surface area (Å²) in [7, 11) is 0. The van der Waals surface area contributed by atoms with Gasteiger partial charge in [-0.2, -0.15) is 0 Å². The van der Waals surface area contributed by atoms with E-state index in [1.54, 1.807) is 0 Å². The molecule has 0 amide bonds. The molecule has 1 rings (SSSR count). The largest absolute Gasteiger partial charge is 0.371 e. The van der Waals surface area contributed by atoms with E-state index in [1.165, 1.54) is 12.8 Å². The molecule has 1 saturated heterocycles. The van der Waals surface area contributed by atoms with Crippen LogP contribution in [-0.2, 0) is 4.74 Å². The van der Waals surface area contributed by atoms with Crippen LogP contribution < -0.4 is 0 Å². The molecule has 9 heavy (non-hydrogen) atoms. The first-order valence-corrected chi connectivity index (χ1v) is 4.50. The summed E-state index contributed by atoms with van der Waals surface area (Å²) >= 11 is 3.40. The van der Waals surface area contributed by atoms with Crippen molar-refractivity contribution in [3.63, 3.8) is 0 Å². The zero-order valence-corrected chi connectivity index (χ0v) is 7.57. The predicted molar refractivity (Wildman–Crippen MR) is 42.0 cm³/mol. The topological polar surface area (TPSA) is 9.23 Å². The van der Waals surface area contributed by atoms with Gasteiger partial charge in [0.15, 0.2) is 0 Å². The molecule has 0 bridgehead atoms. The third kappa shape index (κ3) is 1.94. The summed E-state index contributed by atoms with van der Waals surface area (Å²) in [5.41, 5.74) is 0.137. The molecule has 0 aromatic heterocycles. The van der Waals surface area contributed by atoms with Gasteiger partial charge in [-0.25, -0.2) is 0 Å². The van der Waals surface area contributed by atoms with Gasteiger partial charge in [0.1, 0.15) is 0 Å². The average molecular weight is 193 g/mol. The van der Waals surface area contributed by atoms with Crippen molar-refractivity contribution >= 4 is 15.9 Å². The molecule has 1 aliphatic rings. The average Bonchev–Trinajstić information content (AvgIpc) is 2.10. The Hall–Kier alpha value is 0.440. The summed E-state index contributed by atoms with van der Waals surface area (Å²) in [5, 5.41) is 0.983. The molecule has 1 fully saturated rings. The minimum absolute atomic E-state index is 0.137. The molecular weight excluding hydrogens is 180 g/mol. The maximum atomic E-state index is 5.65. The molecule has 1 aliphatic heterocycles. The van der Waals surface area contributed by atoms with Crippen molar-refractivity contribution in [1.29, 1.82) is 0 Å². The summed E-state index contributed by atoms with van der Waals surface area (Å²) in [6, 6.07) is 0. The lowest BCUT2D eigenvalue weighted by atomic mass is 10.1. The van der Waals surface area contributed by atoms with E-state index in [0.29, 0.717) is 6.10 Å². The highest BCUT2D eigenvalue weighted by Crippen LogP contribution is 2.29. The molecule has 2 heteroatoms. The summed E-state index contributed by atoms with van der Waals surface area (Å²) in [5.74, 6) is 0. The van der Waals surface area contributed by atoms with Gasteiger partial charge in [0.05, 0.1) is 11.7 Å². The summed E-state index contributed by atoms with van der Waals surface area (Å²) in [4.78, 5) is 0. The minimum Gasteiger partial charge on any atom is -0.371 e. The lowest BCUT2D eigenvalue weighted by Gasteiger charge is -2.17. The molecule has 54 valence electrons. The molecule has 0 aromatic carbocycles. The van der Waals surface area contributed by atoms with E-state index in [4.69, 9.17) is 4.74 Å². The normalized spacial score (nSPS) is 33.0. The van der Waals surface area contributed by atoms with E-state index in [2.05, 4.69) is 29.8 Å². The van der Waals surface area contributed by atoms with Crippen LogP contribution in [0, 0.1) is 0 Å². The predicted octanol–water partition coefficient (Wildman–Crippen LogP) is 2.34. The standard InChI is InChI=1S/C7H13BrO/c1-7(2)4-3-6(5-8)9-7/h6H,3-5H2,1-2H3/t6-/m1/s1. The van der Waals surface area contributed by atoms with Gasteiger partial charge in [-0.3, -0.25) is 0 Å². The van der Waals surface area contributed by atoms with Gasteiger partial charge in [0, 0.05) is 5.33 Å². The molecular formula is C7H13BrO. The van der Waals surface area contributed by atoms with Crippen molar-refractivity contribution in [2.45, 2.75) is 38.4 Å². The Kier molecular flexibility index (Phi) is 2.17. The zero-order valence-electron chi connectivity index (χ0n) is 5.98. The van der Waals surface area contributed by atoms with E-state index in [0.717, 1.165) is 5.33 Å². The highest BCUT2D eigenvalue weighted by atomic mass is 79.9. The quantitative estimate of drug-likeness (QED) is 0.580. The van der Waals surface area contributed by atoms with Crippen molar-refractivity contribution in [3.05, 3.63) is 0 Å². The molecule has 0 radical (unpaired) electrons. The number of hydrogen-bond donors (Lipinski definition) is 0. The lowest BCUT2D eigenvalue weighted by molar-refractivity contribution is -0.00418. The fourth-order valence-electron chi connectivity index (χ4n) is 1.19. The maximum absolute atomic E-state index is 5.65. The molecule has 0 aliphatic carbocycles.